The van der Waals surface area contributed by atoms with Crippen molar-refractivity contribution in [3.63, 3.8) is 0 Å². The summed E-state index contributed by atoms with van der Waals surface area (Å²) < 4.78 is 5.51. The molecule has 0 unspecified atom stereocenters. The summed E-state index contributed by atoms with van der Waals surface area (Å²) in [4.78, 5) is 10.4. The highest BCUT2D eigenvalue weighted by molar-refractivity contribution is 5.66. The predicted octanol–water partition coefficient (Wildman–Crippen LogP) is 2.55. The van der Waals surface area contributed by atoms with E-state index in [0.717, 1.165) is 22.6 Å². The maximum Gasteiger partial charge on any atom is 0.306 e. The number of aliphatic carboxylic acids is 1. The summed E-state index contributed by atoms with van der Waals surface area (Å²) in [6.07, 6.45) is 0.000952. The Balaban J connectivity index is 2.88. The SMILES string of the molecule is Cc1cc(OCCC(=O)O)c(C(C)C)cc1N. The molecule has 0 radical (unpaired) electrons. The second-order valence-corrected chi connectivity index (χ2v) is 4.39. The predicted molar refractivity (Wildman–Crippen MR) is 67.4 cm³/mol. The summed E-state index contributed by atoms with van der Waals surface area (Å²) in [6.45, 7) is 6.18. The van der Waals surface area contributed by atoms with Crippen LogP contribution in [0.25, 0.3) is 0 Å². The molecular weight excluding hydrogens is 218 g/mol. The molecule has 0 atom stereocenters. The van der Waals surface area contributed by atoms with Gasteiger partial charge >= 0.3 is 5.97 Å². The quantitative estimate of drug-likeness (QED) is 0.772. The zero-order valence-electron chi connectivity index (χ0n) is 10.5. The van der Waals surface area contributed by atoms with E-state index < -0.39 is 5.97 Å². The lowest BCUT2D eigenvalue weighted by Crippen LogP contribution is -2.07. The van der Waals surface area contributed by atoms with E-state index in [9.17, 15) is 4.79 Å². The average Bonchev–Trinajstić information content (AvgIpc) is 2.22. The minimum Gasteiger partial charge on any atom is -0.493 e. The molecule has 0 aliphatic carbocycles. The number of hydrogen-bond donors (Lipinski definition) is 2. The lowest BCUT2D eigenvalue weighted by Gasteiger charge is -2.16. The van der Waals surface area contributed by atoms with Crippen molar-refractivity contribution in [2.75, 3.05) is 12.3 Å². The van der Waals surface area contributed by atoms with Crippen LogP contribution in [0.5, 0.6) is 5.75 Å². The maximum atomic E-state index is 10.4. The average molecular weight is 237 g/mol. The molecule has 0 amide bonds. The first-order valence-electron chi connectivity index (χ1n) is 5.66. The minimum atomic E-state index is -0.858. The molecule has 1 aromatic carbocycles. The zero-order chi connectivity index (χ0) is 13.0. The molecule has 17 heavy (non-hydrogen) atoms. The molecule has 0 aliphatic rings. The molecular formula is C13H19NO3. The van der Waals surface area contributed by atoms with Gasteiger partial charge in [0.15, 0.2) is 0 Å². The summed E-state index contributed by atoms with van der Waals surface area (Å²) in [5.41, 5.74) is 8.55. The molecule has 0 aliphatic heterocycles. The van der Waals surface area contributed by atoms with E-state index in [1.807, 2.05) is 32.9 Å². The van der Waals surface area contributed by atoms with E-state index in [0.29, 0.717) is 0 Å². The first-order chi connectivity index (χ1) is 7.91. The lowest BCUT2D eigenvalue weighted by molar-refractivity contribution is -0.137. The van der Waals surface area contributed by atoms with Gasteiger partial charge in [0.2, 0.25) is 0 Å². The van der Waals surface area contributed by atoms with Crippen molar-refractivity contribution >= 4 is 11.7 Å². The third-order valence-corrected chi connectivity index (χ3v) is 2.59. The number of rotatable bonds is 5. The number of carboxylic acids is 1. The third-order valence-electron chi connectivity index (χ3n) is 2.59. The van der Waals surface area contributed by atoms with Gasteiger partial charge in [-0.3, -0.25) is 4.79 Å². The number of carbonyl (C=O) groups is 1. The van der Waals surface area contributed by atoms with Crippen LogP contribution in [0.2, 0.25) is 0 Å². The lowest BCUT2D eigenvalue weighted by atomic mass is 9.99. The van der Waals surface area contributed by atoms with Gasteiger partial charge in [0, 0.05) is 5.69 Å². The number of anilines is 1. The summed E-state index contributed by atoms with van der Waals surface area (Å²) in [7, 11) is 0. The monoisotopic (exact) mass is 237 g/mol. The Morgan fingerprint density at radius 2 is 2.12 bits per heavy atom. The Morgan fingerprint density at radius 3 is 2.65 bits per heavy atom. The summed E-state index contributed by atoms with van der Waals surface area (Å²) in [5, 5.41) is 8.57. The van der Waals surface area contributed by atoms with E-state index in [1.54, 1.807) is 0 Å². The maximum absolute atomic E-state index is 10.4. The zero-order valence-corrected chi connectivity index (χ0v) is 10.5. The van der Waals surface area contributed by atoms with Crippen molar-refractivity contribution < 1.29 is 14.6 Å². The van der Waals surface area contributed by atoms with E-state index in [-0.39, 0.29) is 18.9 Å². The van der Waals surface area contributed by atoms with Gasteiger partial charge in [0.25, 0.3) is 0 Å². The highest BCUT2D eigenvalue weighted by Gasteiger charge is 2.11. The first-order valence-corrected chi connectivity index (χ1v) is 5.66. The van der Waals surface area contributed by atoms with Crippen LogP contribution >= 0.6 is 0 Å². The second kappa shape index (κ2) is 5.57. The van der Waals surface area contributed by atoms with Crippen molar-refractivity contribution in [3.05, 3.63) is 23.3 Å². The molecule has 3 N–H and O–H groups in total. The molecule has 0 heterocycles. The number of nitrogen functional groups attached to an aromatic ring is 1. The number of nitrogens with two attached hydrogens (primary N) is 1. The van der Waals surface area contributed by atoms with Crippen LogP contribution in [0.15, 0.2) is 12.1 Å². The van der Waals surface area contributed by atoms with Crippen LogP contribution in [-0.4, -0.2) is 17.7 Å². The smallest absolute Gasteiger partial charge is 0.306 e. The van der Waals surface area contributed by atoms with Crippen LogP contribution < -0.4 is 10.5 Å². The van der Waals surface area contributed by atoms with Gasteiger partial charge in [-0.15, -0.1) is 0 Å². The van der Waals surface area contributed by atoms with E-state index in [1.165, 1.54) is 0 Å². The molecule has 0 spiro atoms. The molecule has 4 nitrogen and oxygen atoms in total. The summed E-state index contributed by atoms with van der Waals surface area (Å²) in [5.74, 6) is 0.161. The van der Waals surface area contributed by atoms with Crippen LogP contribution in [-0.2, 0) is 4.79 Å². The summed E-state index contributed by atoms with van der Waals surface area (Å²) in [6, 6.07) is 3.77. The van der Waals surface area contributed by atoms with E-state index >= 15 is 0 Å². The van der Waals surface area contributed by atoms with Crippen molar-refractivity contribution in [2.24, 2.45) is 0 Å². The Kier molecular flexibility index (Phi) is 4.37. The van der Waals surface area contributed by atoms with Gasteiger partial charge in [-0.05, 0) is 36.1 Å². The Hall–Kier alpha value is -1.71. The van der Waals surface area contributed by atoms with Crippen molar-refractivity contribution in [2.45, 2.75) is 33.1 Å². The Labute approximate surface area is 101 Å². The van der Waals surface area contributed by atoms with Crippen LogP contribution in [0.4, 0.5) is 5.69 Å². The number of ether oxygens (including phenoxy) is 1. The molecule has 0 bridgehead atoms. The molecule has 1 aromatic rings. The van der Waals surface area contributed by atoms with Crippen LogP contribution in [0, 0.1) is 6.92 Å². The highest BCUT2D eigenvalue weighted by atomic mass is 16.5. The number of carboxylic acid groups (broad SMARTS) is 1. The van der Waals surface area contributed by atoms with Gasteiger partial charge < -0.3 is 15.6 Å². The van der Waals surface area contributed by atoms with Crippen LogP contribution in [0.1, 0.15) is 37.3 Å². The van der Waals surface area contributed by atoms with Crippen LogP contribution in [0.3, 0.4) is 0 Å². The fourth-order valence-corrected chi connectivity index (χ4v) is 1.54. The highest BCUT2D eigenvalue weighted by Crippen LogP contribution is 2.30. The molecule has 1 rings (SSSR count). The molecule has 0 aromatic heterocycles. The number of aryl methyl sites for hydroxylation is 1. The van der Waals surface area contributed by atoms with Gasteiger partial charge in [-0.25, -0.2) is 0 Å². The van der Waals surface area contributed by atoms with Crippen molar-refractivity contribution in [1.29, 1.82) is 0 Å². The first kappa shape index (κ1) is 13.4. The van der Waals surface area contributed by atoms with Gasteiger partial charge in [-0.2, -0.15) is 0 Å². The molecule has 0 fully saturated rings. The van der Waals surface area contributed by atoms with Crippen molar-refractivity contribution in [1.82, 2.24) is 0 Å². The van der Waals surface area contributed by atoms with Gasteiger partial charge in [0.05, 0.1) is 13.0 Å². The van der Waals surface area contributed by atoms with Gasteiger partial charge in [0.1, 0.15) is 5.75 Å². The molecule has 0 saturated heterocycles. The fraction of sp³-hybridized carbons (Fsp3) is 0.462. The summed E-state index contributed by atoms with van der Waals surface area (Å²) >= 11 is 0. The second-order valence-electron chi connectivity index (χ2n) is 4.39. The van der Waals surface area contributed by atoms with Gasteiger partial charge in [-0.1, -0.05) is 13.8 Å². The normalized spacial score (nSPS) is 10.6. The Morgan fingerprint density at radius 1 is 1.47 bits per heavy atom. The standard InChI is InChI=1S/C13H19NO3/c1-8(2)10-7-11(14)9(3)6-12(10)17-5-4-13(15)16/h6-8H,4-5,14H2,1-3H3,(H,15,16). The minimum absolute atomic E-state index is 0.000952. The van der Waals surface area contributed by atoms with E-state index in [2.05, 4.69) is 0 Å². The molecule has 0 saturated carbocycles. The Bertz CT molecular complexity index is 413. The largest absolute Gasteiger partial charge is 0.493 e. The van der Waals surface area contributed by atoms with Crippen molar-refractivity contribution in [3.8, 4) is 5.75 Å². The van der Waals surface area contributed by atoms with E-state index in [4.69, 9.17) is 15.6 Å². The fourth-order valence-electron chi connectivity index (χ4n) is 1.54. The number of hydrogen-bond acceptors (Lipinski definition) is 3. The molecule has 4 heteroatoms. The third kappa shape index (κ3) is 3.66. The number of benzene rings is 1. The molecule has 94 valence electrons. The topological polar surface area (TPSA) is 72.5 Å².